The van der Waals surface area contributed by atoms with Crippen LogP contribution in [0.25, 0.3) is 0 Å². The van der Waals surface area contributed by atoms with Crippen LogP contribution in [0.2, 0.25) is 0 Å². The lowest BCUT2D eigenvalue weighted by Gasteiger charge is -2.26. The molecule has 27 heavy (non-hydrogen) atoms. The van der Waals surface area contributed by atoms with Gasteiger partial charge in [0.15, 0.2) is 5.96 Å². The third-order valence-electron chi connectivity index (χ3n) is 4.98. The predicted molar refractivity (Wildman–Crippen MR) is 112 cm³/mol. The van der Waals surface area contributed by atoms with Gasteiger partial charge in [-0.3, -0.25) is 4.99 Å². The van der Waals surface area contributed by atoms with Gasteiger partial charge in [-0.1, -0.05) is 48.5 Å². The van der Waals surface area contributed by atoms with Crippen molar-refractivity contribution in [2.75, 3.05) is 34.2 Å². The SMILES string of the molecule is CN=C(NCC1Cc2ccccc2O1)NCC(Cc1ccccc1)N(C)C. The normalized spacial score (nSPS) is 17.3. The molecule has 5 heteroatoms. The van der Waals surface area contributed by atoms with Gasteiger partial charge in [0.2, 0.25) is 0 Å². The van der Waals surface area contributed by atoms with E-state index in [-0.39, 0.29) is 6.10 Å². The Kier molecular flexibility index (Phi) is 6.71. The van der Waals surface area contributed by atoms with E-state index < -0.39 is 0 Å². The molecule has 0 spiro atoms. The van der Waals surface area contributed by atoms with E-state index in [4.69, 9.17) is 4.74 Å². The number of guanidine groups is 1. The van der Waals surface area contributed by atoms with Crippen LogP contribution in [-0.4, -0.2) is 57.2 Å². The Morgan fingerprint density at radius 1 is 1.11 bits per heavy atom. The molecule has 2 unspecified atom stereocenters. The summed E-state index contributed by atoms with van der Waals surface area (Å²) in [6.07, 6.45) is 2.09. The van der Waals surface area contributed by atoms with E-state index in [0.717, 1.165) is 37.6 Å². The van der Waals surface area contributed by atoms with Crippen LogP contribution in [0, 0.1) is 0 Å². The lowest BCUT2D eigenvalue weighted by atomic mass is 10.1. The molecule has 0 bridgehead atoms. The fraction of sp³-hybridized carbons (Fsp3) is 0.409. The Bertz CT molecular complexity index is 720. The van der Waals surface area contributed by atoms with Gasteiger partial charge in [0.05, 0.1) is 6.54 Å². The van der Waals surface area contributed by atoms with Crippen molar-refractivity contribution in [1.29, 1.82) is 0 Å². The van der Waals surface area contributed by atoms with E-state index in [1.54, 1.807) is 7.05 Å². The Labute approximate surface area is 162 Å². The van der Waals surface area contributed by atoms with Gasteiger partial charge in [-0.25, -0.2) is 0 Å². The molecule has 1 heterocycles. The highest BCUT2D eigenvalue weighted by molar-refractivity contribution is 5.79. The molecule has 5 nitrogen and oxygen atoms in total. The summed E-state index contributed by atoms with van der Waals surface area (Å²) in [4.78, 5) is 6.61. The van der Waals surface area contributed by atoms with Crippen LogP contribution in [0.15, 0.2) is 59.6 Å². The van der Waals surface area contributed by atoms with Crippen LogP contribution < -0.4 is 15.4 Å². The molecule has 144 valence electrons. The van der Waals surface area contributed by atoms with Crippen LogP contribution in [0.3, 0.4) is 0 Å². The summed E-state index contributed by atoms with van der Waals surface area (Å²) < 4.78 is 5.99. The minimum absolute atomic E-state index is 0.148. The number of fused-ring (bicyclic) bond motifs is 1. The number of rotatable bonds is 7. The lowest BCUT2D eigenvalue weighted by molar-refractivity contribution is 0.234. The van der Waals surface area contributed by atoms with Crippen molar-refractivity contribution in [3.63, 3.8) is 0 Å². The summed E-state index contributed by atoms with van der Waals surface area (Å²) >= 11 is 0. The number of nitrogens with one attached hydrogen (secondary N) is 2. The number of hydrogen-bond donors (Lipinski definition) is 2. The molecule has 2 aromatic rings. The Morgan fingerprint density at radius 2 is 1.85 bits per heavy atom. The van der Waals surface area contributed by atoms with Crippen molar-refractivity contribution in [2.24, 2.45) is 4.99 Å². The van der Waals surface area contributed by atoms with E-state index in [1.165, 1.54) is 11.1 Å². The monoisotopic (exact) mass is 366 g/mol. The van der Waals surface area contributed by atoms with Gasteiger partial charge >= 0.3 is 0 Å². The van der Waals surface area contributed by atoms with Crippen molar-refractivity contribution in [2.45, 2.75) is 25.0 Å². The van der Waals surface area contributed by atoms with Gasteiger partial charge in [-0.2, -0.15) is 0 Å². The largest absolute Gasteiger partial charge is 0.488 e. The van der Waals surface area contributed by atoms with Crippen molar-refractivity contribution in [1.82, 2.24) is 15.5 Å². The molecule has 0 saturated carbocycles. The second-order valence-corrected chi connectivity index (χ2v) is 7.19. The van der Waals surface area contributed by atoms with Gasteiger partial charge in [-0.15, -0.1) is 0 Å². The third kappa shape index (κ3) is 5.47. The number of hydrogen-bond acceptors (Lipinski definition) is 3. The molecule has 3 rings (SSSR count). The van der Waals surface area contributed by atoms with Gasteiger partial charge in [-0.05, 0) is 37.7 Å². The van der Waals surface area contributed by atoms with Crippen LogP contribution >= 0.6 is 0 Å². The predicted octanol–water partition coefficient (Wildman–Crippen LogP) is 2.33. The zero-order chi connectivity index (χ0) is 19.1. The van der Waals surface area contributed by atoms with Gasteiger partial charge in [0, 0.05) is 26.1 Å². The van der Waals surface area contributed by atoms with Gasteiger partial charge in [0.1, 0.15) is 11.9 Å². The number of aliphatic imine (C=N–C) groups is 1. The molecule has 0 fully saturated rings. The zero-order valence-corrected chi connectivity index (χ0v) is 16.5. The van der Waals surface area contributed by atoms with Crippen molar-refractivity contribution >= 4 is 5.96 Å². The Balaban J connectivity index is 1.47. The van der Waals surface area contributed by atoms with E-state index in [1.807, 2.05) is 12.1 Å². The highest BCUT2D eigenvalue weighted by Gasteiger charge is 2.22. The molecule has 2 aromatic carbocycles. The number of likely N-dealkylation sites (N-methyl/N-ethyl adjacent to an activating group) is 1. The maximum absolute atomic E-state index is 5.99. The summed E-state index contributed by atoms with van der Waals surface area (Å²) in [6, 6.07) is 19.2. The molecule has 0 radical (unpaired) electrons. The van der Waals surface area contributed by atoms with E-state index >= 15 is 0 Å². The van der Waals surface area contributed by atoms with Crippen LogP contribution in [0.1, 0.15) is 11.1 Å². The average molecular weight is 367 g/mol. The molecule has 2 N–H and O–H groups in total. The minimum Gasteiger partial charge on any atom is -0.488 e. The van der Waals surface area contributed by atoms with Gasteiger partial charge < -0.3 is 20.3 Å². The fourth-order valence-corrected chi connectivity index (χ4v) is 3.34. The average Bonchev–Trinajstić information content (AvgIpc) is 3.10. The zero-order valence-electron chi connectivity index (χ0n) is 16.5. The first-order valence-electron chi connectivity index (χ1n) is 9.55. The molecule has 2 atom stereocenters. The second kappa shape index (κ2) is 9.42. The van der Waals surface area contributed by atoms with E-state index in [9.17, 15) is 0 Å². The van der Waals surface area contributed by atoms with E-state index in [2.05, 4.69) is 77.1 Å². The fourth-order valence-electron chi connectivity index (χ4n) is 3.34. The first-order valence-corrected chi connectivity index (χ1v) is 9.55. The number of benzene rings is 2. The third-order valence-corrected chi connectivity index (χ3v) is 4.98. The topological polar surface area (TPSA) is 48.9 Å². The molecule has 0 aliphatic carbocycles. The van der Waals surface area contributed by atoms with Crippen molar-refractivity contribution in [3.8, 4) is 5.75 Å². The van der Waals surface area contributed by atoms with Crippen LogP contribution in [0.4, 0.5) is 0 Å². The van der Waals surface area contributed by atoms with Gasteiger partial charge in [0.25, 0.3) is 0 Å². The molecule has 0 amide bonds. The first-order chi connectivity index (χ1) is 13.2. The summed E-state index contributed by atoms with van der Waals surface area (Å²) in [5.74, 6) is 1.82. The number of nitrogens with zero attached hydrogens (tertiary/aromatic N) is 2. The number of para-hydroxylation sites is 1. The maximum atomic E-state index is 5.99. The Morgan fingerprint density at radius 3 is 2.56 bits per heavy atom. The van der Waals surface area contributed by atoms with Crippen molar-refractivity contribution in [3.05, 3.63) is 65.7 Å². The van der Waals surface area contributed by atoms with Crippen molar-refractivity contribution < 1.29 is 4.74 Å². The standard InChI is InChI=1S/C22H30N4O/c1-23-22(25-16-20-14-18-11-7-8-12-21(18)27-20)24-15-19(26(2)3)13-17-9-5-4-6-10-17/h4-12,19-20H,13-16H2,1-3H3,(H2,23,24,25). The second-order valence-electron chi connectivity index (χ2n) is 7.19. The molecule has 0 saturated heterocycles. The van der Waals surface area contributed by atoms with Crippen LogP contribution in [0.5, 0.6) is 5.75 Å². The summed E-state index contributed by atoms with van der Waals surface area (Å²) in [5, 5.41) is 6.86. The molecular formula is C22H30N4O. The highest BCUT2D eigenvalue weighted by Crippen LogP contribution is 2.27. The van der Waals surface area contributed by atoms with Crippen LogP contribution in [-0.2, 0) is 12.8 Å². The maximum Gasteiger partial charge on any atom is 0.191 e. The summed E-state index contributed by atoms with van der Waals surface area (Å²) in [7, 11) is 6.05. The lowest BCUT2D eigenvalue weighted by Crippen LogP contribution is -2.47. The molecular weight excluding hydrogens is 336 g/mol. The number of ether oxygens (including phenoxy) is 1. The summed E-state index contributed by atoms with van der Waals surface area (Å²) in [5.41, 5.74) is 2.63. The molecule has 1 aliphatic rings. The summed E-state index contributed by atoms with van der Waals surface area (Å²) in [6.45, 7) is 1.56. The molecule has 0 aromatic heterocycles. The molecule has 1 aliphatic heterocycles. The smallest absolute Gasteiger partial charge is 0.191 e. The highest BCUT2D eigenvalue weighted by atomic mass is 16.5. The Hall–Kier alpha value is -2.53. The first kappa shape index (κ1) is 19.2. The van der Waals surface area contributed by atoms with E-state index in [0.29, 0.717) is 6.04 Å². The quantitative estimate of drug-likeness (QED) is 0.583. The minimum atomic E-state index is 0.148.